The molecule has 0 aromatic heterocycles. The van der Waals surface area contributed by atoms with Gasteiger partial charge in [0.2, 0.25) is 5.91 Å². The van der Waals surface area contributed by atoms with Gasteiger partial charge >= 0.3 is 12.1 Å². The van der Waals surface area contributed by atoms with Gasteiger partial charge in [-0.1, -0.05) is 69.3 Å². The van der Waals surface area contributed by atoms with Crippen molar-refractivity contribution in [2.24, 2.45) is 5.41 Å². The van der Waals surface area contributed by atoms with Crippen LogP contribution in [0, 0.1) is 5.41 Å². The number of alkyl carbamates (subject to hydrolysis) is 1. The van der Waals surface area contributed by atoms with E-state index < -0.39 is 23.5 Å². The van der Waals surface area contributed by atoms with Gasteiger partial charge in [-0.05, 0) is 22.3 Å². The van der Waals surface area contributed by atoms with Crippen molar-refractivity contribution < 1.29 is 24.2 Å². The van der Waals surface area contributed by atoms with E-state index in [2.05, 4.69) is 10.6 Å². The summed E-state index contributed by atoms with van der Waals surface area (Å²) in [7, 11) is 0. The molecule has 1 aliphatic rings. The van der Waals surface area contributed by atoms with Crippen LogP contribution in [0.2, 0.25) is 0 Å². The molecule has 1 atom stereocenters. The van der Waals surface area contributed by atoms with E-state index in [-0.39, 0.29) is 25.0 Å². The number of benzene rings is 2. The molecule has 7 nitrogen and oxygen atoms in total. The molecule has 1 aliphatic carbocycles. The zero-order valence-corrected chi connectivity index (χ0v) is 17.3. The van der Waals surface area contributed by atoms with Crippen LogP contribution < -0.4 is 10.6 Å². The first-order valence-corrected chi connectivity index (χ1v) is 9.81. The van der Waals surface area contributed by atoms with Gasteiger partial charge in [0.25, 0.3) is 0 Å². The average Bonchev–Trinajstić information content (AvgIpc) is 3.02. The van der Waals surface area contributed by atoms with Gasteiger partial charge in [-0.15, -0.1) is 0 Å². The minimum atomic E-state index is -1.29. The normalized spacial score (nSPS) is 13.7. The van der Waals surface area contributed by atoms with E-state index in [9.17, 15) is 19.5 Å². The number of amides is 2. The quantitative estimate of drug-likeness (QED) is 0.679. The third kappa shape index (κ3) is 4.62. The molecule has 2 aromatic rings. The lowest BCUT2D eigenvalue weighted by Crippen LogP contribution is -2.50. The molecule has 158 valence electrons. The standard InChI is InChI=1S/C23H26N2O5/c1-23(2,3)21(28)24-12-19(20(26)27)25-22(29)30-13-18-16-10-6-4-8-14(16)15-9-5-7-11-17(15)18/h4-11,18-19H,12-13H2,1-3H3,(H,24,28)(H,25,29)(H,26,27)/t19-/m0/s1. The predicted octanol–water partition coefficient (Wildman–Crippen LogP) is 3.14. The summed E-state index contributed by atoms with van der Waals surface area (Å²) in [4.78, 5) is 35.7. The zero-order chi connectivity index (χ0) is 21.9. The Balaban J connectivity index is 1.62. The highest BCUT2D eigenvalue weighted by molar-refractivity contribution is 5.84. The number of rotatable bonds is 6. The van der Waals surface area contributed by atoms with Gasteiger partial charge in [-0.3, -0.25) is 4.79 Å². The lowest BCUT2D eigenvalue weighted by atomic mass is 9.95. The second-order valence-electron chi connectivity index (χ2n) is 8.32. The number of carbonyl (C=O) groups excluding carboxylic acids is 2. The molecule has 2 aromatic carbocycles. The molecule has 0 unspecified atom stereocenters. The van der Waals surface area contributed by atoms with Crippen molar-refractivity contribution in [2.45, 2.75) is 32.7 Å². The number of aliphatic carboxylic acids is 1. The van der Waals surface area contributed by atoms with Crippen molar-refractivity contribution in [1.29, 1.82) is 0 Å². The third-order valence-corrected chi connectivity index (χ3v) is 5.08. The SMILES string of the molecule is CC(C)(C)C(=O)NC[C@H](NC(=O)OCC1c2ccccc2-c2ccccc21)C(=O)O. The molecule has 3 N–H and O–H groups in total. The Morgan fingerprint density at radius 3 is 2.03 bits per heavy atom. The highest BCUT2D eigenvalue weighted by atomic mass is 16.5. The minimum absolute atomic E-state index is 0.0839. The van der Waals surface area contributed by atoms with Crippen LogP contribution >= 0.6 is 0 Å². The van der Waals surface area contributed by atoms with E-state index in [1.165, 1.54) is 0 Å². The highest BCUT2D eigenvalue weighted by Crippen LogP contribution is 2.44. The predicted molar refractivity (Wildman–Crippen MR) is 112 cm³/mol. The molecule has 0 saturated heterocycles. The Kier molecular flexibility index (Phi) is 6.10. The number of nitrogens with one attached hydrogen (secondary N) is 2. The second kappa shape index (κ2) is 8.57. The fraction of sp³-hybridized carbons (Fsp3) is 0.348. The Hall–Kier alpha value is -3.35. The van der Waals surface area contributed by atoms with Crippen LogP contribution in [0.1, 0.15) is 37.8 Å². The lowest BCUT2D eigenvalue weighted by Gasteiger charge is -2.21. The topological polar surface area (TPSA) is 105 Å². The summed E-state index contributed by atoms with van der Waals surface area (Å²) < 4.78 is 5.37. The van der Waals surface area contributed by atoms with Crippen molar-refractivity contribution in [3.05, 3.63) is 59.7 Å². The molecule has 0 bridgehead atoms. The van der Waals surface area contributed by atoms with Crippen LogP contribution in [0.5, 0.6) is 0 Å². The van der Waals surface area contributed by atoms with Gasteiger partial charge < -0.3 is 20.5 Å². The first-order valence-electron chi connectivity index (χ1n) is 9.81. The van der Waals surface area contributed by atoms with Crippen LogP contribution in [0.3, 0.4) is 0 Å². The molecule has 0 heterocycles. The van der Waals surface area contributed by atoms with Crippen LogP contribution in [-0.2, 0) is 14.3 Å². The van der Waals surface area contributed by atoms with Crippen LogP contribution in [0.25, 0.3) is 11.1 Å². The molecule has 2 amide bonds. The first-order chi connectivity index (χ1) is 14.2. The Labute approximate surface area is 175 Å². The number of fused-ring (bicyclic) bond motifs is 3. The van der Waals surface area contributed by atoms with Gasteiger partial charge in [0.15, 0.2) is 0 Å². The molecule has 0 radical (unpaired) electrons. The summed E-state index contributed by atoms with van der Waals surface area (Å²) in [5.74, 6) is -1.67. The van der Waals surface area contributed by atoms with E-state index in [0.717, 1.165) is 22.3 Å². The maximum absolute atomic E-state index is 12.3. The Morgan fingerprint density at radius 1 is 1.00 bits per heavy atom. The summed E-state index contributed by atoms with van der Waals surface area (Å²) in [5.41, 5.74) is 3.69. The van der Waals surface area contributed by atoms with Crippen molar-refractivity contribution in [3.8, 4) is 11.1 Å². The summed E-state index contributed by atoms with van der Waals surface area (Å²) in [6, 6.07) is 14.6. The monoisotopic (exact) mass is 410 g/mol. The molecular formula is C23H26N2O5. The second-order valence-corrected chi connectivity index (χ2v) is 8.32. The summed E-state index contributed by atoms with van der Waals surface area (Å²) >= 11 is 0. The molecule has 0 saturated carbocycles. The number of hydrogen-bond donors (Lipinski definition) is 3. The maximum Gasteiger partial charge on any atom is 0.407 e. The lowest BCUT2D eigenvalue weighted by molar-refractivity contribution is -0.139. The Bertz CT molecular complexity index is 919. The number of carboxylic acid groups (broad SMARTS) is 1. The molecule has 30 heavy (non-hydrogen) atoms. The number of carboxylic acids is 1. The first kappa shape index (κ1) is 21.4. The van der Waals surface area contributed by atoms with E-state index in [0.29, 0.717) is 0 Å². The van der Waals surface area contributed by atoms with Gasteiger partial charge in [0.05, 0.1) is 0 Å². The number of hydrogen-bond acceptors (Lipinski definition) is 4. The van der Waals surface area contributed by atoms with E-state index in [1.807, 2.05) is 48.5 Å². The zero-order valence-electron chi connectivity index (χ0n) is 17.3. The fourth-order valence-electron chi connectivity index (χ4n) is 3.44. The van der Waals surface area contributed by atoms with Crippen LogP contribution in [0.15, 0.2) is 48.5 Å². The molecule has 0 aliphatic heterocycles. The maximum atomic E-state index is 12.3. The van der Waals surface area contributed by atoms with E-state index in [4.69, 9.17) is 4.74 Å². The van der Waals surface area contributed by atoms with E-state index in [1.54, 1.807) is 20.8 Å². The van der Waals surface area contributed by atoms with Crippen molar-refractivity contribution >= 4 is 18.0 Å². The average molecular weight is 410 g/mol. The van der Waals surface area contributed by atoms with E-state index >= 15 is 0 Å². The van der Waals surface area contributed by atoms with Gasteiger partial charge in [0, 0.05) is 17.9 Å². The minimum Gasteiger partial charge on any atom is -0.480 e. The van der Waals surface area contributed by atoms with Gasteiger partial charge in [-0.2, -0.15) is 0 Å². The fourth-order valence-corrected chi connectivity index (χ4v) is 3.44. The largest absolute Gasteiger partial charge is 0.480 e. The number of carbonyl (C=O) groups is 3. The van der Waals surface area contributed by atoms with Gasteiger partial charge in [-0.25, -0.2) is 9.59 Å². The van der Waals surface area contributed by atoms with Gasteiger partial charge in [0.1, 0.15) is 12.6 Å². The summed E-state index contributed by atoms with van der Waals surface area (Å²) in [5, 5.41) is 14.2. The Morgan fingerprint density at radius 2 is 1.53 bits per heavy atom. The van der Waals surface area contributed by atoms with Crippen LogP contribution in [0.4, 0.5) is 4.79 Å². The molecular weight excluding hydrogens is 384 g/mol. The third-order valence-electron chi connectivity index (χ3n) is 5.08. The smallest absolute Gasteiger partial charge is 0.407 e. The molecule has 0 spiro atoms. The summed E-state index contributed by atoms with van der Waals surface area (Å²) in [6.45, 7) is 5.02. The number of ether oxygens (including phenoxy) is 1. The highest BCUT2D eigenvalue weighted by Gasteiger charge is 2.30. The molecule has 7 heteroatoms. The van der Waals surface area contributed by atoms with Crippen molar-refractivity contribution in [1.82, 2.24) is 10.6 Å². The molecule has 0 fully saturated rings. The van der Waals surface area contributed by atoms with Crippen molar-refractivity contribution in [2.75, 3.05) is 13.2 Å². The van der Waals surface area contributed by atoms with Crippen molar-refractivity contribution in [3.63, 3.8) is 0 Å². The van der Waals surface area contributed by atoms with Crippen LogP contribution in [-0.4, -0.2) is 42.3 Å². The molecule has 3 rings (SSSR count). The summed E-state index contributed by atoms with van der Waals surface area (Å²) in [6.07, 6.45) is -0.839.